The predicted octanol–water partition coefficient (Wildman–Crippen LogP) is 4.79. The van der Waals surface area contributed by atoms with E-state index in [4.69, 9.17) is 11.6 Å². The molecule has 0 radical (unpaired) electrons. The molecular weight excluding hydrogens is 357 g/mol. The summed E-state index contributed by atoms with van der Waals surface area (Å²) in [7, 11) is 0. The summed E-state index contributed by atoms with van der Waals surface area (Å²) in [6.45, 7) is 3.76. The second-order valence-corrected chi connectivity index (χ2v) is 6.12. The fraction of sp³-hybridized carbons (Fsp3) is 0.188. The lowest BCUT2D eigenvalue weighted by molar-refractivity contribution is 0.0951. The third-order valence-electron chi connectivity index (χ3n) is 3.13. The van der Waals surface area contributed by atoms with Crippen LogP contribution in [0.2, 0.25) is 5.02 Å². The minimum Gasteiger partial charge on any atom is -0.348 e. The van der Waals surface area contributed by atoms with Crippen molar-refractivity contribution in [3.8, 4) is 0 Å². The summed E-state index contributed by atoms with van der Waals surface area (Å²) in [5, 5.41) is 3.28. The lowest BCUT2D eigenvalue weighted by Crippen LogP contribution is -2.23. The van der Waals surface area contributed by atoms with Gasteiger partial charge in [-0.1, -0.05) is 23.7 Å². The highest BCUT2D eigenvalue weighted by Crippen LogP contribution is 2.23. The van der Waals surface area contributed by atoms with E-state index in [1.165, 1.54) is 0 Å². The van der Waals surface area contributed by atoms with E-state index in [-0.39, 0.29) is 11.7 Å². The molecule has 0 atom stereocenters. The van der Waals surface area contributed by atoms with Gasteiger partial charge in [0.2, 0.25) is 0 Å². The van der Waals surface area contributed by atoms with Gasteiger partial charge in [-0.3, -0.25) is 4.79 Å². The average molecular weight is 371 g/mol. The molecule has 0 saturated carbocycles. The van der Waals surface area contributed by atoms with Crippen LogP contribution in [0, 0.1) is 19.7 Å². The average Bonchev–Trinajstić information content (AvgIpc) is 2.44. The molecule has 2 aromatic carbocycles. The zero-order chi connectivity index (χ0) is 15.6. The predicted molar refractivity (Wildman–Crippen MR) is 86.2 cm³/mol. The van der Waals surface area contributed by atoms with Gasteiger partial charge in [-0.2, -0.15) is 0 Å². The van der Waals surface area contributed by atoms with Crippen LogP contribution in [0.1, 0.15) is 27.0 Å². The minimum absolute atomic E-state index is 0.204. The summed E-state index contributed by atoms with van der Waals surface area (Å²) >= 11 is 9.24. The summed E-state index contributed by atoms with van der Waals surface area (Å²) in [5.41, 5.74) is 2.50. The maximum atomic E-state index is 13.6. The molecule has 1 amide bonds. The van der Waals surface area contributed by atoms with Crippen molar-refractivity contribution in [2.75, 3.05) is 0 Å². The Kier molecular flexibility index (Phi) is 5.01. The summed E-state index contributed by atoms with van der Waals surface area (Å²) in [6, 6.07) is 8.48. The van der Waals surface area contributed by atoms with E-state index in [9.17, 15) is 9.18 Å². The van der Waals surface area contributed by atoms with Crippen LogP contribution >= 0.6 is 27.5 Å². The first kappa shape index (κ1) is 16.0. The summed E-state index contributed by atoms with van der Waals surface area (Å²) < 4.78 is 14.3. The summed E-state index contributed by atoms with van der Waals surface area (Å²) in [5.74, 6) is -0.422. The number of carbonyl (C=O) groups excluding carboxylic acids is 1. The van der Waals surface area contributed by atoms with Crippen LogP contribution in [-0.2, 0) is 6.54 Å². The number of aryl methyl sites for hydroxylation is 2. The van der Waals surface area contributed by atoms with Crippen molar-refractivity contribution in [3.05, 3.63) is 67.9 Å². The molecule has 2 aromatic rings. The first-order valence-corrected chi connectivity index (χ1v) is 7.54. The van der Waals surface area contributed by atoms with Gasteiger partial charge in [0.25, 0.3) is 5.91 Å². The lowest BCUT2D eigenvalue weighted by Gasteiger charge is -2.09. The summed E-state index contributed by atoms with van der Waals surface area (Å²) in [6.07, 6.45) is 0. The number of carbonyl (C=O) groups is 1. The molecule has 0 fully saturated rings. The maximum Gasteiger partial charge on any atom is 0.251 e. The fourth-order valence-electron chi connectivity index (χ4n) is 2.06. The van der Waals surface area contributed by atoms with Gasteiger partial charge in [0.15, 0.2) is 0 Å². The highest BCUT2D eigenvalue weighted by Gasteiger charge is 2.09. The Labute approximate surface area is 136 Å². The Bertz CT molecular complexity index is 680. The van der Waals surface area contributed by atoms with E-state index in [2.05, 4.69) is 21.2 Å². The van der Waals surface area contributed by atoms with Crippen LogP contribution in [0.5, 0.6) is 0 Å². The summed E-state index contributed by atoms with van der Waals surface area (Å²) in [4.78, 5) is 12.1. The third kappa shape index (κ3) is 3.83. The molecule has 0 saturated heterocycles. The molecular formula is C16H14BrClFNO. The van der Waals surface area contributed by atoms with Gasteiger partial charge in [-0.25, -0.2) is 4.39 Å². The zero-order valence-corrected chi connectivity index (χ0v) is 14.0. The highest BCUT2D eigenvalue weighted by atomic mass is 79.9. The fourth-order valence-corrected chi connectivity index (χ4v) is 2.49. The Balaban J connectivity index is 2.09. The van der Waals surface area contributed by atoms with Gasteiger partial charge in [-0.05, 0) is 64.7 Å². The number of amides is 1. The standard InChI is InChI=1S/C16H14BrClFNO/c1-9-5-11(6-10(2)15(9)19)8-20-16(21)12-3-4-13(17)14(18)7-12/h3-7H,8H2,1-2H3,(H,20,21). The topological polar surface area (TPSA) is 29.1 Å². The molecule has 0 aliphatic heterocycles. The van der Waals surface area contributed by atoms with E-state index >= 15 is 0 Å². The number of benzene rings is 2. The largest absolute Gasteiger partial charge is 0.348 e. The molecule has 1 N–H and O–H groups in total. The van der Waals surface area contributed by atoms with Gasteiger partial charge >= 0.3 is 0 Å². The van der Waals surface area contributed by atoms with Gasteiger partial charge < -0.3 is 5.32 Å². The quantitative estimate of drug-likeness (QED) is 0.827. The van der Waals surface area contributed by atoms with Crippen molar-refractivity contribution < 1.29 is 9.18 Å². The molecule has 0 heterocycles. The number of rotatable bonds is 3. The molecule has 2 rings (SSSR count). The van der Waals surface area contributed by atoms with Crippen LogP contribution in [-0.4, -0.2) is 5.91 Å². The number of hydrogen-bond acceptors (Lipinski definition) is 1. The van der Waals surface area contributed by atoms with E-state index in [1.54, 1.807) is 44.2 Å². The zero-order valence-electron chi connectivity index (χ0n) is 11.6. The van der Waals surface area contributed by atoms with Crippen molar-refractivity contribution in [3.63, 3.8) is 0 Å². The third-order valence-corrected chi connectivity index (χ3v) is 4.36. The van der Waals surface area contributed by atoms with Crippen molar-refractivity contribution in [1.82, 2.24) is 5.32 Å². The molecule has 2 nitrogen and oxygen atoms in total. The van der Waals surface area contributed by atoms with Gasteiger partial charge in [-0.15, -0.1) is 0 Å². The molecule has 21 heavy (non-hydrogen) atoms. The molecule has 0 spiro atoms. The second-order valence-electron chi connectivity index (χ2n) is 4.86. The van der Waals surface area contributed by atoms with Crippen molar-refractivity contribution in [2.45, 2.75) is 20.4 Å². The van der Waals surface area contributed by atoms with Gasteiger partial charge in [0.1, 0.15) is 5.82 Å². The van der Waals surface area contributed by atoms with E-state index in [0.717, 1.165) is 10.0 Å². The smallest absolute Gasteiger partial charge is 0.251 e. The Hall–Kier alpha value is -1.39. The van der Waals surface area contributed by atoms with Crippen LogP contribution in [0.25, 0.3) is 0 Å². The minimum atomic E-state index is -0.218. The van der Waals surface area contributed by atoms with Crippen LogP contribution in [0.3, 0.4) is 0 Å². The van der Waals surface area contributed by atoms with Crippen molar-refractivity contribution in [1.29, 1.82) is 0 Å². The van der Waals surface area contributed by atoms with Crippen LogP contribution in [0.15, 0.2) is 34.8 Å². The van der Waals surface area contributed by atoms with Crippen molar-refractivity contribution >= 4 is 33.4 Å². The second kappa shape index (κ2) is 6.58. The normalized spacial score (nSPS) is 10.5. The molecule has 5 heteroatoms. The monoisotopic (exact) mass is 369 g/mol. The highest BCUT2D eigenvalue weighted by molar-refractivity contribution is 9.10. The Morgan fingerprint density at radius 2 is 1.86 bits per heavy atom. The van der Waals surface area contributed by atoms with Crippen LogP contribution < -0.4 is 5.32 Å². The Morgan fingerprint density at radius 3 is 2.43 bits per heavy atom. The SMILES string of the molecule is Cc1cc(CNC(=O)c2ccc(Br)c(Cl)c2)cc(C)c1F. The molecule has 0 aliphatic rings. The van der Waals surface area contributed by atoms with Crippen molar-refractivity contribution in [2.24, 2.45) is 0 Å². The molecule has 0 bridgehead atoms. The van der Waals surface area contributed by atoms with Gasteiger partial charge in [0, 0.05) is 16.6 Å². The molecule has 0 aliphatic carbocycles. The Morgan fingerprint density at radius 1 is 1.24 bits per heavy atom. The lowest BCUT2D eigenvalue weighted by atomic mass is 10.1. The maximum absolute atomic E-state index is 13.6. The van der Waals surface area contributed by atoms with E-state index in [1.807, 2.05) is 0 Å². The number of halogens is 3. The van der Waals surface area contributed by atoms with Gasteiger partial charge in [0.05, 0.1) is 5.02 Å². The van der Waals surface area contributed by atoms with E-state index in [0.29, 0.717) is 28.3 Å². The molecule has 0 unspecified atom stereocenters. The van der Waals surface area contributed by atoms with Crippen LogP contribution in [0.4, 0.5) is 4.39 Å². The number of nitrogens with one attached hydrogen (secondary N) is 1. The molecule has 0 aromatic heterocycles. The van der Waals surface area contributed by atoms with E-state index < -0.39 is 0 Å². The number of hydrogen-bond donors (Lipinski definition) is 1. The first-order valence-electron chi connectivity index (χ1n) is 6.37. The molecule has 110 valence electrons. The first-order chi connectivity index (χ1) is 9.88.